The number of anilines is 1. The summed E-state index contributed by atoms with van der Waals surface area (Å²) in [6.45, 7) is 3.42. The van der Waals surface area contributed by atoms with Crippen LogP contribution in [0.2, 0.25) is 0 Å². The van der Waals surface area contributed by atoms with Crippen molar-refractivity contribution in [1.82, 2.24) is 0 Å². The molecular formula is C12H10N2O4. The van der Waals surface area contributed by atoms with E-state index in [0.717, 1.165) is 0 Å². The molecule has 0 atom stereocenters. The van der Waals surface area contributed by atoms with Crippen LogP contribution in [-0.2, 0) is 4.74 Å². The van der Waals surface area contributed by atoms with Gasteiger partial charge < -0.3 is 9.84 Å². The lowest BCUT2D eigenvalue weighted by Crippen LogP contribution is -2.14. The summed E-state index contributed by atoms with van der Waals surface area (Å²) in [5.74, 6) is -1.15. The van der Waals surface area contributed by atoms with E-state index in [1.54, 1.807) is 6.07 Å². The van der Waals surface area contributed by atoms with Gasteiger partial charge >= 0.3 is 12.1 Å². The largest absolute Gasteiger partial charge is 0.478 e. The van der Waals surface area contributed by atoms with Crippen LogP contribution in [0.15, 0.2) is 30.9 Å². The third kappa shape index (κ3) is 3.35. The Labute approximate surface area is 103 Å². The van der Waals surface area contributed by atoms with Gasteiger partial charge in [-0.05, 0) is 18.2 Å². The molecule has 0 aliphatic rings. The maximum atomic E-state index is 11.3. The van der Waals surface area contributed by atoms with E-state index >= 15 is 0 Å². The lowest BCUT2D eigenvalue weighted by Gasteiger charge is -2.07. The van der Waals surface area contributed by atoms with Gasteiger partial charge in [-0.3, -0.25) is 5.32 Å². The van der Waals surface area contributed by atoms with Gasteiger partial charge in [0.05, 0.1) is 16.8 Å². The summed E-state index contributed by atoms with van der Waals surface area (Å²) in [4.78, 5) is 22.0. The first kappa shape index (κ1) is 13.3. The second-order valence-electron chi connectivity index (χ2n) is 3.19. The van der Waals surface area contributed by atoms with Gasteiger partial charge in [-0.2, -0.15) is 5.26 Å². The van der Waals surface area contributed by atoms with Crippen LogP contribution in [0.5, 0.6) is 0 Å². The number of amides is 1. The molecule has 0 unspecified atom stereocenters. The number of hydrogen-bond donors (Lipinski definition) is 2. The van der Waals surface area contributed by atoms with Gasteiger partial charge in [0.2, 0.25) is 0 Å². The molecule has 92 valence electrons. The highest BCUT2D eigenvalue weighted by atomic mass is 16.5. The number of nitriles is 1. The molecule has 0 aliphatic heterocycles. The van der Waals surface area contributed by atoms with Crippen molar-refractivity contribution in [2.45, 2.75) is 0 Å². The second kappa shape index (κ2) is 6.06. The molecule has 0 bridgehead atoms. The van der Waals surface area contributed by atoms with Crippen molar-refractivity contribution in [2.75, 3.05) is 11.9 Å². The van der Waals surface area contributed by atoms with Crippen molar-refractivity contribution in [3.05, 3.63) is 42.0 Å². The number of aromatic carboxylic acids is 1. The first-order valence-electron chi connectivity index (χ1n) is 4.90. The summed E-state index contributed by atoms with van der Waals surface area (Å²) in [5.41, 5.74) is 0.207. The molecule has 0 saturated heterocycles. The number of ether oxygens (including phenoxy) is 1. The minimum atomic E-state index is -1.15. The third-order valence-corrected chi connectivity index (χ3v) is 1.96. The first-order valence-corrected chi connectivity index (χ1v) is 4.90. The van der Waals surface area contributed by atoms with E-state index in [-0.39, 0.29) is 23.4 Å². The summed E-state index contributed by atoms with van der Waals surface area (Å²) in [5, 5.41) is 20.0. The van der Waals surface area contributed by atoms with Gasteiger partial charge in [0.25, 0.3) is 0 Å². The Morgan fingerprint density at radius 2 is 2.28 bits per heavy atom. The predicted molar refractivity (Wildman–Crippen MR) is 63.3 cm³/mol. The maximum absolute atomic E-state index is 11.3. The molecule has 1 rings (SSSR count). The predicted octanol–water partition coefficient (Wildman–Crippen LogP) is 1.99. The standard InChI is InChI=1S/C12H10N2O4/c1-2-5-18-12(17)14-10-4-3-8(11(15)16)6-9(10)7-13/h2-4,6H,1,5H2,(H,14,17)(H,15,16). The van der Waals surface area contributed by atoms with Crippen molar-refractivity contribution in [3.63, 3.8) is 0 Å². The van der Waals surface area contributed by atoms with Crippen LogP contribution in [0.3, 0.4) is 0 Å². The van der Waals surface area contributed by atoms with Gasteiger partial charge in [0, 0.05) is 0 Å². The number of carboxylic acids is 1. The number of carboxylic acid groups (broad SMARTS) is 1. The highest BCUT2D eigenvalue weighted by molar-refractivity contribution is 5.91. The van der Waals surface area contributed by atoms with E-state index in [0.29, 0.717) is 0 Å². The molecule has 18 heavy (non-hydrogen) atoms. The number of hydrogen-bond acceptors (Lipinski definition) is 4. The first-order chi connectivity index (χ1) is 8.58. The number of nitrogens with zero attached hydrogens (tertiary/aromatic N) is 1. The van der Waals surface area contributed by atoms with E-state index in [1.807, 2.05) is 0 Å². The van der Waals surface area contributed by atoms with Crippen molar-refractivity contribution >= 4 is 17.7 Å². The molecule has 0 fully saturated rings. The quantitative estimate of drug-likeness (QED) is 0.791. The zero-order valence-electron chi connectivity index (χ0n) is 9.34. The molecule has 0 radical (unpaired) electrons. The molecule has 0 saturated carbocycles. The van der Waals surface area contributed by atoms with Crippen LogP contribution < -0.4 is 5.32 Å². The molecule has 0 heterocycles. The molecule has 0 aliphatic carbocycles. The topological polar surface area (TPSA) is 99.4 Å². The average Bonchev–Trinajstić information content (AvgIpc) is 2.36. The Balaban J connectivity index is 2.90. The van der Waals surface area contributed by atoms with Crippen molar-refractivity contribution < 1.29 is 19.4 Å². The molecule has 6 heteroatoms. The van der Waals surface area contributed by atoms with Crippen LogP contribution >= 0.6 is 0 Å². The van der Waals surface area contributed by atoms with Crippen molar-refractivity contribution in [3.8, 4) is 6.07 Å². The number of carbonyl (C=O) groups is 2. The van der Waals surface area contributed by atoms with Crippen LogP contribution in [0, 0.1) is 11.3 Å². The van der Waals surface area contributed by atoms with Crippen molar-refractivity contribution in [2.24, 2.45) is 0 Å². The molecule has 1 aromatic rings. The number of nitrogens with one attached hydrogen (secondary N) is 1. The summed E-state index contributed by atoms with van der Waals surface area (Å²) in [7, 11) is 0. The summed E-state index contributed by atoms with van der Waals surface area (Å²) < 4.78 is 4.68. The zero-order chi connectivity index (χ0) is 13.5. The SMILES string of the molecule is C=CCOC(=O)Nc1ccc(C(=O)O)cc1C#N. The smallest absolute Gasteiger partial charge is 0.411 e. The molecular weight excluding hydrogens is 236 g/mol. The Bertz CT molecular complexity index is 531. The lowest BCUT2D eigenvalue weighted by molar-refractivity contribution is 0.0697. The van der Waals surface area contributed by atoms with Gasteiger partial charge in [0.1, 0.15) is 12.7 Å². The second-order valence-corrected chi connectivity index (χ2v) is 3.19. The fraction of sp³-hybridized carbons (Fsp3) is 0.0833. The summed E-state index contributed by atoms with van der Waals surface area (Å²) >= 11 is 0. The highest BCUT2D eigenvalue weighted by Gasteiger charge is 2.10. The zero-order valence-corrected chi connectivity index (χ0v) is 9.34. The molecule has 2 N–H and O–H groups in total. The van der Waals surface area contributed by atoms with E-state index in [1.165, 1.54) is 24.3 Å². The van der Waals surface area contributed by atoms with Gasteiger partial charge in [-0.15, -0.1) is 0 Å². The van der Waals surface area contributed by atoms with Crippen molar-refractivity contribution in [1.29, 1.82) is 5.26 Å². The van der Waals surface area contributed by atoms with E-state index in [9.17, 15) is 9.59 Å². The maximum Gasteiger partial charge on any atom is 0.411 e. The van der Waals surface area contributed by atoms with E-state index < -0.39 is 12.1 Å². The van der Waals surface area contributed by atoms with Crippen LogP contribution in [0.25, 0.3) is 0 Å². The third-order valence-electron chi connectivity index (χ3n) is 1.96. The minimum absolute atomic E-state index is 0.0310. The molecule has 0 spiro atoms. The minimum Gasteiger partial charge on any atom is -0.478 e. The highest BCUT2D eigenvalue weighted by Crippen LogP contribution is 2.17. The molecule has 6 nitrogen and oxygen atoms in total. The van der Waals surface area contributed by atoms with E-state index in [4.69, 9.17) is 10.4 Å². The fourth-order valence-corrected chi connectivity index (χ4v) is 1.16. The monoisotopic (exact) mass is 246 g/mol. The number of benzene rings is 1. The lowest BCUT2D eigenvalue weighted by atomic mass is 10.1. The van der Waals surface area contributed by atoms with Crippen LogP contribution in [-0.4, -0.2) is 23.8 Å². The van der Waals surface area contributed by atoms with Gasteiger partial charge in [-0.25, -0.2) is 9.59 Å². The Kier molecular flexibility index (Phi) is 4.46. The van der Waals surface area contributed by atoms with E-state index in [2.05, 4.69) is 16.6 Å². The Morgan fingerprint density at radius 1 is 1.56 bits per heavy atom. The summed E-state index contributed by atoms with van der Waals surface area (Å²) in [6, 6.07) is 5.59. The molecule has 1 amide bonds. The molecule has 1 aromatic carbocycles. The van der Waals surface area contributed by atoms with Crippen LogP contribution in [0.1, 0.15) is 15.9 Å². The Hall–Kier alpha value is -2.81. The fourth-order valence-electron chi connectivity index (χ4n) is 1.16. The van der Waals surface area contributed by atoms with Gasteiger partial charge in [-0.1, -0.05) is 12.7 Å². The number of carbonyl (C=O) groups excluding carboxylic acids is 1. The van der Waals surface area contributed by atoms with Crippen LogP contribution in [0.4, 0.5) is 10.5 Å². The van der Waals surface area contributed by atoms with Gasteiger partial charge in [0.15, 0.2) is 0 Å². The molecule has 0 aromatic heterocycles. The Morgan fingerprint density at radius 3 is 2.83 bits per heavy atom. The number of rotatable bonds is 4. The average molecular weight is 246 g/mol. The normalized spacial score (nSPS) is 9.06. The summed E-state index contributed by atoms with van der Waals surface area (Å²) in [6.07, 6.45) is 0.660.